The molecule has 0 aromatic heterocycles. The molecule has 0 radical (unpaired) electrons. The van der Waals surface area contributed by atoms with Crippen molar-refractivity contribution in [2.24, 2.45) is 4.99 Å². The topological polar surface area (TPSA) is 63.6 Å². The second kappa shape index (κ2) is 9.87. The molecule has 0 aromatic rings. The molecule has 4 nitrogen and oxygen atoms in total. The van der Waals surface area contributed by atoms with Gasteiger partial charge in [-0.05, 0) is 57.5 Å². The highest BCUT2D eigenvalue weighted by molar-refractivity contribution is 9.18. The fraction of sp³-hybridized carbons (Fsp3) is 0.700. The van der Waals surface area contributed by atoms with Crippen LogP contribution in [0.25, 0.3) is 0 Å². The first-order valence-corrected chi connectivity index (χ1v) is 6.58. The summed E-state index contributed by atoms with van der Waals surface area (Å²) in [7, 11) is 0. The molecule has 0 spiro atoms. The molecule has 0 saturated heterocycles. The molecule has 0 aliphatic carbocycles. The summed E-state index contributed by atoms with van der Waals surface area (Å²) in [6.07, 6.45) is 5.10. The maximum Gasteiger partial charge on any atom is 0.235 e. The van der Waals surface area contributed by atoms with Gasteiger partial charge in [0.1, 0.15) is 0 Å². The monoisotopic (exact) mass is 353 g/mol. The zero-order valence-corrected chi connectivity index (χ0v) is 11.9. The summed E-state index contributed by atoms with van der Waals surface area (Å²) in [5.74, 6) is 0. The lowest BCUT2D eigenvalue weighted by atomic mass is 10.0. The second-order valence-electron chi connectivity index (χ2n) is 3.37. The number of carbonyl (C=O) groups is 2. The minimum absolute atomic E-state index is 0.0445. The van der Waals surface area contributed by atoms with Crippen molar-refractivity contribution in [3.63, 3.8) is 0 Å². The first-order valence-electron chi connectivity index (χ1n) is 5.00. The Balaban J connectivity index is 3.83. The van der Waals surface area contributed by atoms with E-state index >= 15 is 0 Å². The molecule has 0 fully saturated rings. The Hall–Kier alpha value is -0.320. The van der Waals surface area contributed by atoms with Gasteiger partial charge in [-0.1, -0.05) is 0 Å². The smallest absolute Gasteiger partial charge is 0.235 e. The molecule has 0 aliphatic rings. The summed E-state index contributed by atoms with van der Waals surface area (Å²) in [6, 6.07) is -0.129. The van der Waals surface area contributed by atoms with Gasteiger partial charge in [-0.15, -0.1) is 0 Å². The van der Waals surface area contributed by atoms with E-state index in [-0.39, 0.29) is 15.4 Å². The number of isocyanates is 1. The Morgan fingerprint density at radius 1 is 1.06 bits per heavy atom. The molecule has 0 bridgehead atoms. The van der Waals surface area contributed by atoms with Crippen molar-refractivity contribution < 1.29 is 14.4 Å². The third-order valence-corrected chi connectivity index (χ3v) is 2.85. The first-order chi connectivity index (χ1) is 7.56. The fourth-order valence-electron chi connectivity index (χ4n) is 1.30. The third-order valence-electron chi connectivity index (χ3n) is 2.06. The highest BCUT2D eigenvalue weighted by Crippen LogP contribution is 2.13. The van der Waals surface area contributed by atoms with Crippen LogP contribution in [0.5, 0.6) is 0 Å². The van der Waals surface area contributed by atoms with E-state index in [1.807, 2.05) is 0 Å². The van der Waals surface area contributed by atoms with Gasteiger partial charge < -0.3 is 0 Å². The van der Waals surface area contributed by atoms with E-state index < -0.39 is 0 Å². The van der Waals surface area contributed by atoms with Crippen LogP contribution in [0.3, 0.4) is 0 Å². The Morgan fingerprint density at radius 3 is 1.81 bits per heavy atom. The first kappa shape index (κ1) is 15.7. The molecule has 0 rings (SSSR count). The number of hydrogen-bond donors (Lipinski definition) is 0. The molecule has 6 heteroatoms. The van der Waals surface area contributed by atoms with Crippen LogP contribution in [0.15, 0.2) is 4.99 Å². The van der Waals surface area contributed by atoms with E-state index in [1.165, 1.54) is 6.08 Å². The van der Waals surface area contributed by atoms with E-state index in [1.54, 1.807) is 0 Å². The Labute approximate surface area is 111 Å². The van der Waals surface area contributed by atoms with Crippen LogP contribution in [0.2, 0.25) is 0 Å². The molecule has 0 N–H and O–H groups in total. The largest absolute Gasteiger partial charge is 0.287 e. The molecule has 0 aromatic carbocycles. The minimum atomic E-state index is -0.129. The van der Waals surface area contributed by atoms with Gasteiger partial charge in [-0.25, -0.2) is 9.79 Å². The second-order valence-corrected chi connectivity index (χ2v) is 5.14. The normalized spacial score (nSPS) is 9.94. The van der Waals surface area contributed by atoms with Gasteiger partial charge in [-0.3, -0.25) is 9.59 Å². The Morgan fingerprint density at radius 2 is 1.50 bits per heavy atom. The highest BCUT2D eigenvalue weighted by atomic mass is 79.9. The standard InChI is InChI=1S/C10H13Br2NO3/c11-9(15)5-1-3-8(13-7-14)4-2-6-10(12)16/h8H,1-6H2. The summed E-state index contributed by atoms with van der Waals surface area (Å²) in [5, 5.41) is 0. The van der Waals surface area contributed by atoms with Crippen LogP contribution in [0, 0.1) is 0 Å². The number of halogens is 2. The lowest BCUT2D eigenvalue weighted by Gasteiger charge is -2.08. The Bertz CT molecular complexity index is 268. The van der Waals surface area contributed by atoms with E-state index in [2.05, 4.69) is 36.9 Å². The third kappa shape index (κ3) is 10.2. The van der Waals surface area contributed by atoms with Crippen LogP contribution in [0.4, 0.5) is 0 Å². The van der Waals surface area contributed by atoms with Gasteiger partial charge in [0.2, 0.25) is 6.08 Å². The maximum atomic E-state index is 10.6. The number of rotatable bonds is 9. The summed E-state index contributed by atoms with van der Waals surface area (Å²) < 4.78 is -0.0889. The lowest BCUT2D eigenvalue weighted by molar-refractivity contribution is -0.111. The average molecular weight is 355 g/mol. The average Bonchev–Trinajstić information content (AvgIpc) is 2.16. The van der Waals surface area contributed by atoms with Crippen molar-refractivity contribution >= 4 is 47.3 Å². The molecule has 0 atom stereocenters. The molecule has 0 unspecified atom stereocenters. The van der Waals surface area contributed by atoms with E-state index in [9.17, 15) is 14.4 Å². The maximum absolute atomic E-state index is 10.6. The predicted octanol–water partition coefficient (Wildman–Crippen LogP) is 2.87. The predicted molar refractivity (Wildman–Crippen MR) is 67.5 cm³/mol. The van der Waals surface area contributed by atoms with Crippen LogP contribution in [-0.4, -0.2) is 21.5 Å². The molecule has 0 amide bonds. The van der Waals surface area contributed by atoms with E-state index in [4.69, 9.17) is 0 Å². The van der Waals surface area contributed by atoms with E-state index in [0.717, 1.165) is 0 Å². The van der Waals surface area contributed by atoms with Crippen molar-refractivity contribution in [2.75, 3.05) is 0 Å². The summed E-state index contributed by atoms with van der Waals surface area (Å²) >= 11 is 5.67. The number of aliphatic imine (C=N–C) groups is 1. The SMILES string of the molecule is O=C=NC(CCCC(=O)Br)CCCC(=O)Br. The minimum Gasteiger partial charge on any atom is -0.287 e. The van der Waals surface area contributed by atoms with Crippen molar-refractivity contribution in [1.82, 2.24) is 0 Å². The van der Waals surface area contributed by atoms with Gasteiger partial charge in [0.25, 0.3) is 0 Å². The van der Waals surface area contributed by atoms with Crippen molar-refractivity contribution in [3.8, 4) is 0 Å². The Kier molecular flexibility index (Phi) is 9.68. The highest BCUT2D eigenvalue weighted by Gasteiger charge is 2.08. The molecule has 0 heterocycles. The molecule has 16 heavy (non-hydrogen) atoms. The summed E-state index contributed by atoms with van der Waals surface area (Å²) in [6.45, 7) is 0. The van der Waals surface area contributed by atoms with Crippen molar-refractivity contribution in [1.29, 1.82) is 0 Å². The van der Waals surface area contributed by atoms with Gasteiger partial charge in [-0.2, -0.15) is 0 Å². The van der Waals surface area contributed by atoms with Crippen LogP contribution in [-0.2, 0) is 14.4 Å². The van der Waals surface area contributed by atoms with E-state index in [0.29, 0.717) is 38.5 Å². The molecule has 0 aliphatic heterocycles. The van der Waals surface area contributed by atoms with Crippen molar-refractivity contribution in [3.05, 3.63) is 0 Å². The number of hydrogen-bond acceptors (Lipinski definition) is 4. The zero-order valence-electron chi connectivity index (χ0n) is 8.75. The van der Waals surface area contributed by atoms with Crippen molar-refractivity contribution in [2.45, 2.75) is 44.6 Å². The summed E-state index contributed by atoms with van der Waals surface area (Å²) in [5.41, 5.74) is 0. The van der Waals surface area contributed by atoms with Crippen LogP contribution in [0.1, 0.15) is 38.5 Å². The number of carbonyl (C=O) groups excluding carboxylic acids is 3. The van der Waals surface area contributed by atoms with Crippen LogP contribution < -0.4 is 0 Å². The molecule has 90 valence electrons. The zero-order chi connectivity index (χ0) is 12.4. The summed E-state index contributed by atoms with van der Waals surface area (Å²) in [4.78, 5) is 35.1. The molecular weight excluding hydrogens is 342 g/mol. The van der Waals surface area contributed by atoms with Gasteiger partial charge in [0.05, 0.1) is 6.04 Å². The van der Waals surface area contributed by atoms with Gasteiger partial charge in [0, 0.05) is 12.8 Å². The quantitative estimate of drug-likeness (QED) is 0.363. The lowest BCUT2D eigenvalue weighted by Crippen LogP contribution is -2.05. The molecule has 0 saturated carbocycles. The van der Waals surface area contributed by atoms with Gasteiger partial charge >= 0.3 is 0 Å². The molecular formula is C10H13Br2NO3. The number of nitrogens with zero attached hydrogens (tertiary/aromatic N) is 1. The van der Waals surface area contributed by atoms with Gasteiger partial charge in [0.15, 0.2) is 9.39 Å². The van der Waals surface area contributed by atoms with Crippen LogP contribution >= 0.6 is 31.9 Å². The fourth-order valence-corrected chi connectivity index (χ4v) is 1.86.